The molecule has 21 heavy (non-hydrogen) atoms. The number of carbonyl (C=O) groups is 1. The molecule has 0 aliphatic heterocycles. The Morgan fingerprint density at radius 2 is 1.95 bits per heavy atom. The molecule has 2 rings (SSSR count). The van der Waals surface area contributed by atoms with Crippen LogP contribution in [0.25, 0.3) is 0 Å². The summed E-state index contributed by atoms with van der Waals surface area (Å²) in [4.78, 5) is 11.8. The van der Waals surface area contributed by atoms with Crippen LogP contribution in [0, 0.1) is 20.8 Å². The van der Waals surface area contributed by atoms with Crippen LogP contribution in [0.4, 0.5) is 5.69 Å². The minimum Gasteiger partial charge on any atom is -0.381 e. The Bertz CT molecular complexity index is 671. The van der Waals surface area contributed by atoms with Gasteiger partial charge in [0.2, 0.25) is 0 Å². The number of hydrogen-bond acceptors (Lipinski definition) is 2. The normalized spacial score (nSPS) is 10.5. The molecular formula is C17H23N3O. The first-order valence-corrected chi connectivity index (χ1v) is 7.13. The van der Waals surface area contributed by atoms with Crippen LogP contribution in [-0.4, -0.2) is 17.5 Å². The summed E-state index contributed by atoms with van der Waals surface area (Å²) in [5.41, 5.74) is 6.47. The van der Waals surface area contributed by atoms with Crippen molar-refractivity contribution in [3.8, 4) is 0 Å². The van der Waals surface area contributed by atoms with Gasteiger partial charge in [-0.25, -0.2) is 0 Å². The van der Waals surface area contributed by atoms with Crippen LogP contribution in [0.15, 0.2) is 24.3 Å². The highest BCUT2D eigenvalue weighted by Crippen LogP contribution is 2.21. The number of anilines is 1. The SMILES string of the molecule is CNC(=O)c1cccc(NCc2cc(C)n(C)c2C)c1C. The van der Waals surface area contributed by atoms with Gasteiger partial charge in [-0.05, 0) is 50.1 Å². The molecule has 0 saturated carbocycles. The van der Waals surface area contributed by atoms with Crippen molar-refractivity contribution in [1.29, 1.82) is 0 Å². The van der Waals surface area contributed by atoms with Crippen LogP contribution in [0.5, 0.6) is 0 Å². The van der Waals surface area contributed by atoms with Crippen molar-refractivity contribution in [3.05, 3.63) is 52.3 Å². The number of rotatable bonds is 4. The Kier molecular flexibility index (Phi) is 4.36. The van der Waals surface area contributed by atoms with Crippen molar-refractivity contribution >= 4 is 11.6 Å². The predicted molar refractivity (Wildman–Crippen MR) is 86.8 cm³/mol. The number of carbonyl (C=O) groups excluding carboxylic acids is 1. The highest BCUT2D eigenvalue weighted by Gasteiger charge is 2.11. The molecule has 1 aromatic carbocycles. The maximum atomic E-state index is 11.8. The summed E-state index contributed by atoms with van der Waals surface area (Å²) in [6, 6.07) is 7.95. The standard InChI is InChI=1S/C17H23N3O/c1-11-9-14(13(3)20(11)5)10-19-16-8-6-7-15(12(16)2)17(21)18-4/h6-9,19H,10H2,1-5H3,(H,18,21). The number of aryl methyl sites for hydroxylation is 1. The van der Waals surface area contributed by atoms with Crippen molar-refractivity contribution in [3.63, 3.8) is 0 Å². The maximum Gasteiger partial charge on any atom is 0.251 e. The van der Waals surface area contributed by atoms with E-state index in [0.717, 1.165) is 17.8 Å². The Labute approximate surface area is 126 Å². The lowest BCUT2D eigenvalue weighted by Gasteiger charge is -2.13. The smallest absolute Gasteiger partial charge is 0.251 e. The molecule has 0 atom stereocenters. The van der Waals surface area contributed by atoms with Gasteiger partial charge in [-0.1, -0.05) is 6.07 Å². The van der Waals surface area contributed by atoms with E-state index in [4.69, 9.17) is 0 Å². The molecule has 2 aromatic rings. The van der Waals surface area contributed by atoms with Gasteiger partial charge in [-0.15, -0.1) is 0 Å². The van der Waals surface area contributed by atoms with E-state index in [1.807, 2.05) is 25.1 Å². The molecule has 2 N–H and O–H groups in total. The van der Waals surface area contributed by atoms with Crippen LogP contribution in [0.1, 0.15) is 32.9 Å². The quantitative estimate of drug-likeness (QED) is 0.907. The van der Waals surface area contributed by atoms with Crippen molar-refractivity contribution in [2.45, 2.75) is 27.3 Å². The van der Waals surface area contributed by atoms with Gasteiger partial charge in [-0.2, -0.15) is 0 Å². The fraction of sp³-hybridized carbons (Fsp3) is 0.353. The third-order valence-electron chi connectivity index (χ3n) is 4.15. The van der Waals surface area contributed by atoms with Crippen molar-refractivity contribution in [1.82, 2.24) is 9.88 Å². The third-order valence-corrected chi connectivity index (χ3v) is 4.15. The summed E-state index contributed by atoms with van der Waals surface area (Å²) < 4.78 is 2.19. The number of amides is 1. The van der Waals surface area contributed by atoms with E-state index in [1.54, 1.807) is 7.05 Å². The molecule has 4 nitrogen and oxygen atoms in total. The lowest BCUT2D eigenvalue weighted by atomic mass is 10.1. The molecule has 0 aliphatic rings. The van der Waals surface area contributed by atoms with Gasteiger partial charge >= 0.3 is 0 Å². The fourth-order valence-electron chi connectivity index (χ4n) is 2.51. The number of benzene rings is 1. The zero-order chi connectivity index (χ0) is 15.6. The topological polar surface area (TPSA) is 46.1 Å². The Morgan fingerprint density at radius 3 is 2.52 bits per heavy atom. The van der Waals surface area contributed by atoms with Crippen molar-refractivity contribution < 1.29 is 4.79 Å². The minimum absolute atomic E-state index is 0.0529. The summed E-state index contributed by atoms with van der Waals surface area (Å²) in [7, 11) is 3.73. The molecule has 4 heteroatoms. The average Bonchev–Trinajstić information content (AvgIpc) is 2.72. The Balaban J connectivity index is 2.20. The second-order valence-electron chi connectivity index (χ2n) is 5.37. The largest absolute Gasteiger partial charge is 0.381 e. The van der Waals surface area contributed by atoms with Crippen LogP contribution >= 0.6 is 0 Å². The maximum absolute atomic E-state index is 11.8. The molecule has 1 aromatic heterocycles. The molecule has 1 heterocycles. The summed E-state index contributed by atoms with van der Waals surface area (Å²) in [5.74, 6) is -0.0529. The number of nitrogens with one attached hydrogen (secondary N) is 2. The Hall–Kier alpha value is -2.23. The van der Waals surface area contributed by atoms with Crippen molar-refractivity contribution in [2.75, 3.05) is 12.4 Å². The first-order chi connectivity index (χ1) is 9.95. The van der Waals surface area contributed by atoms with Crippen LogP contribution in [-0.2, 0) is 13.6 Å². The van der Waals surface area contributed by atoms with E-state index < -0.39 is 0 Å². The zero-order valence-corrected chi connectivity index (χ0v) is 13.4. The first kappa shape index (κ1) is 15.2. The van der Waals surface area contributed by atoms with Gasteiger partial charge in [0.25, 0.3) is 5.91 Å². The molecule has 0 saturated heterocycles. The molecule has 0 radical (unpaired) electrons. The Morgan fingerprint density at radius 1 is 1.24 bits per heavy atom. The van der Waals surface area contributed by atoms with E-state index >= 15 is 0 Å². The van der Waals surface area contributed by atoms with Crippen molar-refractivity contribution in [2.24, 2.45) is 7.05 Å². The van der Waals surface area contributed by atoms with E-state index in [-0.39, 0.29) is 5.91 Å². The highest BCUT2D eigenvalue weighted by atomic mass is 16.1. The second-order valence-corrected chi connectivity index (χ2v) is 5.37. The lowest BCUT2D eigenvalue weighted by molar-refractivity contribution is 0.0962. The third kappa shape index (κ3) is 2.94. The lowest BCUT2D eigenvalue weighted by Crippen LogP contribution is -2.19. The summed E-state index contributed by atoms with van der Waals surface area (Å²) in [5, 5.41) is 6.11. The molecule has 112 valence electrons. The molecule has 0 bridgehead atoms. The van der Waals surface area contributed by atoms with E-state index in [1.165, 1.54) is 17.0 Å². The van der Waals surface area contributed by atoms with E-state index in [9.17, 15) is 4.79 Å². The molecule has 1 amide bonds. The summed E-state index contributed by atoms with van der Waals surface area (Å²) >= 11 is 0. The highest BCUT2D eigenvalue weighted by molar-refractivity contribution is 5.96. The second kappa shape index (κ2) is 6.04. The zero-order valence-electron chi connectivity index (χ0n) is 13.4. The summed E-state index contributed by atoms with van der Waals surface area (Å²) in [6.07, 6.45) is 0. The van der Waals surface area contributed by atoms with Gasteiger partial charge in [-0.3, -0.25) is 4.79 Å². The number of hydrogen-bond donors (Lipinski definition) is 2. The average molecular weight is 285 g/mol. The fourth-order valence-corrected chi connectivity index (χ4v) is 2.51. The minimum atomic E-state index is -0.0529. The van der Waals surface area contributed by atoms with Crippen LogP contribution in [0.3, 0.4) is 0 Å². The number of nitrogens with zero attached hydrogens (tertiary/aromatic N) is 1. The summed E-state index contributed by atoms with van der Waals surface area (Å²) in [6.45, 7) is 6.95. The molecule has 0 spiro atoms. The molecule has 0 unspecified atom stereocenters. The molecule has 0 fully saturated rings. The van der Waals surface area contributed by atoms with Crippen LogP contribution in [0.2, 0.25) is 0 Å². The van der Waals surface area contributed by atoms with Crippen LogP contribution < -0.4 is 10.6 Å². The van der Waals surface area contributed by atoms with Gasteiger partial charge in [0.15, 0.2) is 0 Å². The van der Waals surface area contributed by atoms with Gasteiger partial charge in [0, 0.05) is 43.3 Å². The predicted octanol–water partition coefficient (Wildman–Crippen LogP) is 2.92. The van der Waals surface area contributed by atoms with Gasteiger partial charge < -0.3 is 15.2 Å². The monoisotopic (exact) mass is 285 g/mol. The van der Waals surface area contributed by atoms with Gasteiger partial charge in [0.05, 0.1) is 0 Å². The molecular weight excluding hydrogens is 262 g/mol. The first-order valence-electron chi connectivity index (χ1n) is 7.13. The van der Waals surface area contributed by atoms with E-state index in [2.05, 4.69) is 42.2 Å². The van der Waals surface area contributed by atoms with E-state index in [0.29, 0.717) is 5.56 Å². The van der Waals surface area contributed by atoms with Gasteiger partial charge in [0.1, 0.15) is 0 Å². The number of aromatic nitrogens is 1. The molecule has 0 aliphatic carbocycles.